The van der Waals surface area contributed by atoms with Gasteiger partial charge >= 0.3 is 5.97 Å². The van der Waals surface area contributed by atoms with Crippen LogP contribution >= 0.6 is 11.6 Å². The van der Waals surface area contributed by atoms with E-state index < -0.39 is 42.1 Å². The summed E-state index contributed by atoms with van der Waals surface area (Å²) in [5.41, 5.74) is 5.25. The maximum absolute atomic E-state index is 14.3. The number of nitrogens with two attached hydrogens (primary N) is 2. The van der Waals surface area contributed by atoms with E-state index in [1.54, 1.807) is 28.9 Å². The van der Waals surface area contributed by atoms with E-state index in [0.29, 0.717) is 54.8 Å². The van der Waals surface area contributed by atoms with Crippen molar-refractivity contribution in [3.8, 4) is 5.75 Å². The van der Waals surface area contributed by atoms with Crippen molar-refractivity contribution in [3.63, 3.8) is 0 Å². The highest BCUT2D eigenvalue weighted by molar-refractivity contribution is 6.31. The zero-order valence-corrected chi connectivity index (χ0v) is 26.0. The number of carbonyl (C=O) groups excluding carboxylic acids is 2. The molecule has 3 atom stereocenters. The summed E-state index contributed by atoms with van der Waals surface area (Å²) in [6.45, 7) is 2.22. The molecule has 0 radical (unpaired) electrons. The van der Waals surface area contributed by atoms with Crippen LogP contribution < -0.4 is 16.3 Å². The van der Waals surface area contributed by atoms with Gasteiger partial charge in [0.05, 0.1) is 36.2 Å². The van der Waals surface area contributed by atoms with Crippen LogP contribution in [-0.2, 0) is 25.5 Å². The van der Waals surface area contributed by atoms with Gasteiger partial charge in [-0.15, -0.1) is 0 Å². The number of fused-ring (bicyclic) bond motifs is 1. The van der Waals surface area contributed by atoms with Gasteiger partial charge in [0.15, 0.2) is 0 Å². The predicted octanol–water partition coefficient (Wildman–Crippen LogP) is 3.31. The molecule has 1 saturated heterocycles. The summed E-state index contributed by atoms with van der Waals surface area (Å²) < 4.78 is 38.9. The number of allylic oxidation sites excluding steroid dienone is 1. The Balaban J connectivity index is 1.73. The molecule has 2 fully saturated rings. The first kappa shape index (κ1) is 33.7. The standard InChI is InChI=1S/C30H42ClF2N5O6/c1-30(29(41)42)11-4-3-6-19(30)28(40)37-13-10-18-20(31)8-9-23(25(18)22(37)16-36-12-5-7-24(36)39)44-17-21(34)26(27(32)33)38(35)14-15-43-2/h8-9,19,22,27H,3-7,10-17,34-35H2,1-2H3,(H,41,42)/b26-21-/t19?,22?,30-/m0/s1. The number of carbonyl (C=O) groups is 3. The number of ether oxygens (including phenoxy) is 2. The lowest BCUT2D eigenvalue weighted by molar-refractivity contribution is -0.162. The number of rotatable bonds is 12. The number of hydrazine groups is 1. The third kappa shape index (κ3) is 6.89. The Morgan fingerprint density at radius 1 is 1.23 bits per heavy atom. The third-order valence-corrected chi connectivity index (χ3v) is 9.53. The normalized spacial score (nSPS) is 24.3. The van der Waals surface area contributed by atoms with E-state index >= 15 is 0 Å². The molecule has 0 bridgehead atoms. The second-order valence-corrected chi connectivity index (χ2v) is 12.3. The maximum atomic E-state index is 14.3. The van der Waals surface area contributed by atoms with Gasteiger partial charge in [-0.05, 0) is 50.3 Å². The fraction of sp³-hybridized carbons (Fsp3) is 0.633. The van der Waals surface area contributed by atoms with Crippen molar-refractivity contribution in [3.05, 3.63) is 39.7 Å². The van der Waals surface area contributed by atoms with Crippen LogP contribution in [0.1, 0.15) is 62.6 Å². The molecule has 1 aromatic rings. The molecule has 2 amide bonds. The average molecular weight is 642 g/mol. The van der Waals surface area contributed by atoms with Crippen molar-refractivity contribution in [1.82, 2.24) is 14.8 Å². The molecule has 11 nitrogen and oxygen atoms in total. The minimum Gasteiger partial charge on any atom is -0.487 e. The number of carboxylic acids is 1. The highest BCUT2D eigenvalue weighted by Crippen LogP contribution is 2.46. The van der Waals surface area contributed by atoms with Crippen molar-refractivity contribution >= 4 is 29.4 Å². The SMILES string of the molecule is COCCN(N)/C(=C(\N)COc1ccc(Cl)c2c1C(CN1CCCC1=O)N(C(=O)C1CCCC[C@]1(C)C(=O)O)CC2)C(F)F. The van der Waals surface area contributed by atoms with E-state index in [4.69, 9.17) is 32.7 Å². The molecule has 1 aromatic carbocycles. The molecule has 14 heteroatoms. The summed E-state index contributed by atoms with van der Waals surface area (Å²) in [7, 11) is 1.42. The molecule has 1 saturated carbocycles. The van der Waals surface area contributed by atoms with E-state index in [-0.39, 0.29) is 49.5 Å². The Labute approximate surface area is 261 Å². The number of methoxy groups -OCH3 is 1. The molecule has 1 aliphatic carbocycles. The first-order valence-electron chi connectivity index (χ1n) is 14.9. The van der Waals surface area contributed by atoms with Crippen LogP contribution in [0.25, 0.3) is 0 Å². The number of alkyl halides is 2. The number of hydrogen-bond acceptors (Lipinski definition) is 8. The van der Waals surface area contributed by atoms with Gasteiger partial charge in [-0.25, -0.2) is 14.6 Å². The van der Waals surface area contributed by atoms with E-state index in [2.05, 4.69) is 0 Å². The highest BCUT2D eigenvalue weighted by atomic mass is 35.5. The van der Waals surface area contributed by atoms with E-state index in [0.717, 1.165) is 17.9 Å². The third-order valence-electron chi connectivity index (χ3n) is 9.18. The molecule has 2 unspecified atom stereocenters. The van der Waals surface area contributed by atoms with Crippen molar-refractivity contribution in [2.24, 2.45) is 22.9 Å². The summed E-state index contributed by atoms with van der Waals surface area (Å²) in [5, 5.41) is 11.4. The van der Waals surface area contributed by atoms with Crippen LogP contribution in [0.4, 0.5) is 8.78 Å². The zero-order valence-electron chi connectivity index (χ0n) is 25.2. The van der Waals surface area contributed by atoms with E-state index in [1.165, 1.54) is 7.11 Å². The number of nitrogens with zero attached hydrogens (tertiary/aromatic N) is 3. The fourth-order valence-corrected chi connectivity index (χ4v) is 6.90. The Morgan fingerprint density at radius 2 is 1.98 bits per heavy atom. The van der Waals surface area contributed by atoms with E-state index in [9.17, 15) is 28.3 Å². The molecular weight excluding hydrogens is 600 g/mol. The molecule has 3 aliphatic rings. The monoisotopic (exact) mass is 641 g/mol. The molecule has 2 heterocycles. The summed E-state index contributed by atoms with van der Waals surface area (Å²) in [6.07, 6.45) is 0.744. The first-order chi connectivity index (χ1) is 20.9. The maximum Gasteiger partial charge on any atom is 0.310 e. The number of aliphatic carboxylic acids is 1. The quantitative estimate of drug-likeness (QED) is 0.231. The van der Waals surface area contributed by atoms with Gasteiger partial charge in [0.1, 0.15) is 18.1 Å². The Hall–Kier alpha value is -3.16. The molecule has 2 aliphatic heterocycles. The number of amides is 2. The number of benzene rings is 1. The van der Waals surface area contributed by atoms with Crippen molar-refractivity contribution < 1.29 is 37.7 Å². The second kappa shape index (κ2) is 14.3. The summed E-state index contributed by atoms with van der Waals surface area (Å²) in [5.74, 6) is 4.02. The predicted molar refractivity (Wildman–Crippen MR) is 159 cm³/mol. The molecule has 5 N–H and O–H groups in total. The fourth-order valence-electron chi connectivity index (χ4n) is 6.64. The van der Waals surface area contributed by atoms with Gasteiger partial charge < -0.3 is 35.1 Å². The van der Waals surface area contributed by atoms with Crippen LogP contribution in [0.3, 0.4) is 0 Å². The molecule has 0 spiro atoms. The lowest BCUT2D eigenvalue weighted by Gasteiger charge is -2.45. The molecule has 44 heavy (non-hydrogen) atoms. The Morgan fingerprint density at radius 3 is 2.61 bits per heavy atom. The first-order valence-corrected chi connectivity index (χ1v) is 15.3. The average Bonchev–Trinajstić information content (AvgIpc) is 3.39. The molecule has 244 valence electrons. The van der Waals surface area contributed by atoms with Crippen LogP contribution in [-0.4, -0.2) is 90.6 Å². The van der Waals surface area contributed by atoms with Gasteiger partial charge in [-0.3, -0.25) is 14.4 Å². The van der Waals surface area contributed by atoms with Gasteiger partial charge in [0, 0.05) is 43.8 Å². The Kier molecular flexibility index (Phi) is 11.0. The number of carboxylic acid groups (broad SMARTS) is 1. The van der Waals surface area contributed by atoms with Crippen molar-refractivity contribution in [1.29, 1.82) is 0 Å². The van der Waals surface area contributed by atoms with Gasteiger partial charge in [-0.1, -0.05) is 24.4 Å². The second-order valence-electron chi connectivity index (χ2n) is 11.9. The van der Waals surface area contributed by atoms with Crippen LogP contribution in [0.15, 0.2) is 23.5 Å². The van der Waals surface area contributed by atoms with Crippen molar-refractivity contribution in [2.75, 3.05) is 46.5 Å². The van der Waals surface area contributed by atoms with Gasteiger partial charge in [0.25, 0.3) is 6.43 Å². The molecule has 0 aromatic heterocycles. The number of hydrogen-bond donors (Lipinski definition) is 3. The lowest BCUT2D eigenvalue weighted by atomic mass is 9.66. The number of likely N-dealkylation sites (tertiary alicyclic amines) is 1. The van der Waals surface area contributed by atoms with Crippen molar-refractivity contribution in [2.45, 2.75) is 64.3 Å². The zero-order chi connectivity index (χ0) is 32.2. The topological polar surface area (TPSA) is 152 Å². The van der Waals surface area contributed by atoms with Crippen LogP contribution in [0, 0.1) is 11.3 Å². The molecule has 4 rings (SSSR count). The number of halogens is 3. The van der Waals surface area contributed by atoms with Crippen LogP contribution in [0.2, 0.25) is 5.02 Å². The summed E-state index contributed by atoms with van der Waals surface area (Å²) >= 11 is 6.65. The van der Waals surface area contributed by atoms with E-state index in [1.807, 2.05) is 0 Å². The molecular formula is C30H42ClF2N5O6. The highest BCUT2D eigenvalue weighted by Gasteiger charge is 2.50. The summed E-state index contributed by atoms with van der Waals surface area (Å²) in [4.78, 5) is 42.8. The smallest absolute Gasteiger partial charge is 0.310 e. The van der Waals surface area contributed by atoms with Crippen LogP contribution in [0.5, 0.6) is 5.75 Å². The summed E-state index contributed by atoms with van der Waals surface area (Å²) in [6, 6.07) is 2.53. The minimum absolute atomic E-state index is 0.0212. The Bertz CT molecular complexity index is 1280. The van der Waals surface area contributed by atoms with Gasteiger partial charge in [-0.2, -0.15) is 0 Å². The largest absolute Gasteiger partial charge is 0.487 e. The van der Waals surface area contributed by atoms with Gasteiger partial charge in [0.2, 0.25) is 11.8 Å². The minimum atomic E-state index is -2.97. The lowest BCUT2D eigenvalue weighted by Crippen LogP contribution is -2.52.